The molecule has 1 aliphatic heterocycles. The normalized spacial score (nSPS) is 15.9. The predicted octanol–water partition coefficient (Wildman–Crippen LogP) is 1.97. The Kier molecular flexibility index (Phi) is 7.05. The Hall–Kier alpha value is -2.22. The molecule has 0 spiro atoms. The predicted molar refractivity (Wildman–Crippen MR) is 114 cm³/mol. The zero-order chi connectivity index (χ0) is 20.9. The van der Waals surface area contributed by atoms with Gasteiger partial charge in [0, 0.05) is 39.3 Å². The van der Waals surface area contributed by atoms with Gasteiger partial charge in [-0.15, -0.1) is 0 Å². The molecule has 0 saturated carbocycles. The molecular weight excluding hydrogens is 386 g/mol. The molecule has 2 aromatic carbocycles. The van der Waals surface area contributed by atoms with E-state index >= 15 is 0 Å². The summed E-state index contributed by atoms with van der Waals surface area (Å²) >= 11 is 0. The van der Waals surface area contributed by atoms with E-state index in [4.69, 9.17) is 0 Å². The second kappa shape index (κ2) is 9.52. The van der Waals surface area contributed by atoms with Gasteiger partial charge >= 0.3 is 0 Å². The number of carbonyl (C=O) groups excluding carboxylic acids is 1. The van der Waals surface area contributed by atoms with Crippen LogP contribution in [-0.2, 0) is 21.2 Å². The van der Waals surface area contributed by atoms with Crippen molar-refractivity contribution in [3.05, 3.63) is 65.2 Å². The third kappa shape index (κ3) is 5.88. The van der Waals surface area contributed by atoms with E-state index in [0.29, 0.717) is 44.0 Å². The van der Waals surface area contributed by atoms with Crippen LogP contribution in [-0.4, -0.2) is 62.8 Å². The Bertz CT molecular complexity index is 934. The van der Waals surface area contributed by atoms with Gasteiger partial charge in [-0.3, -0.25) is 9.69 Å². The average molecular weight is 416 g/mol. The van der Waals surface area contributed by atoms with E-state index in [1.54, 1.807) is 16.4 Å². The summed E-state index contributed by atoms with van der Waals surface area (Å²) in [5.41, 5.74) is 3.20. The third-order valence-corrected chi connectivity index (χ3v) is 7.10. The number of aryl methyl sites for hydroxylation is 2. The summed E-state index contributed by atoms with van der Waals surface area (Å²) in [6.45, 7) is 7.50. The first-order valence-corrected chi connectivity index (χ1v) is 11.4. The Morgan fingerprint density at radius 1 is 0.966 bits per heavy atom. The van der Waals surface area contributed by atoms with Crippen molar-refractivity contribution in [1.82, 2.24) is 14.5 Å². The fraction of sp³-hybridized carbons (Fsp3) is 0.409. The number of amides is 1. The number of nitrogens with one attached hydrogen (secondary N) is 1. The van der Waals surface area contributed by atoms with Gasteiger partial charge in [0.05, 0.1) is 11.3 Å². The van der Waals surface area contributed by atoms with E-state index in [9.17, 15) is 13.2 Å². The molecule has 2 aromatic rings. The Morgan fingerprint density at radius 2 is 1.66 bits per heavy atom. The van der Waals surface area contributed by atoms with Crippen molar-refractivity contribution < 1.29 is 13.2 Å². The van der Waals surface area contributed by atoms with Crippen LogP contribution in [0.15, 0.2) is 53.4 Å². The molecule has 1 amide bonds. The minimum atomic E-state index is -3.44. The summed E-state index contributed by atoms with van der Waals surface area (Å²) in [7, 11) is -3.44. The smallest absolute Gasteiger partial charge is 0.243 e. The van der Waals surface area contributed by atoms with Crippen molar-refractivity contribution in [3.63, 3.8) is 0 Å². The van der Waals surface area contributed by atoms with E-state index < -0.39 is 10.0 Å². The highest BCUT2D eigenvalue weighted by molar-refractivity contribution is 7.89. The lowest BCUT2D eigenvalue weighted by molar-refractivity contribution is -0.120. The number of hydrogen-bond acceptors (Lipinski definition) is 4. The largest absolute Gasteiger partial charge is 0.355 e. The molecule has 6 nitrogen and oxygen atoms in total. The fourth-order valence-electron chi connectivity index (χ4n) is 3.48. The second-order valence-corrected chi connectivity index (χ2v) is 9.51. The maximum atomic E-state index is 12.8. The molecule has 7 heteroatoms. The van der Waals surface area contributed by atoms with Crippen LogP contribution in [0.2, 0.25) is 0 Å². The molecule has 29 heavy (non-hydrogen) atoms. The van der Waals surface area contributed by atoms with Gasteiger partial charge in [0.15, 0.2) is 0 Å². The van der Waals surface area contributed by atoms with Crippen molar-refractivity contribution >= 4 is 15.9 Å². The standard InChI is InChI=1S/C22H29N3O3S/c1-18-6-8-21(9-7-18)29(27,28)25-14-12-24(13-15-25)11-10-23-22(26)17-20-5-3-4-19(2)16-20/h3-9,16H,10-15,17H2,1-2H3,(H,23,26). The third-order valence-electron chi connectivity index (χ3n) is 5.19. The number of hydrogen-bond donors (Lipinski definition) is 1. The SMILES string of the molecule is Cc1ccc(S(=O)(=O)N2CCN(CCNC(=O)Cc3cccc(C)c3)CC2)cc1. The summed E-state index contributed by atoms with van der Waals surface area (Å²) in [5, 5.41) is 2.96. The van der Waals surface area contributed by atoms with Gasteiger partial charge in [0.2, 0.25) is 15.9 Å². The quantitative estimate of drug-likeness (QED) is 0.751. The molecule has 1 saturated heterocycles. The van der Waals surface area contributed by atoms with Gasteiger partial charge < -0.3 is 5.32 Å². The van der Waals surface area contributed by atoms with Gasteiger partial charge in [-0.25, -0.2) is 8.42 Å². The van der Waals surface area contributed by atoms with E-state index in [1.807, 2.05) is 50.2 Å². The zero-order valence-electron chi connectivity index (χ0n) is 17.1. The molecule has 3 rings (SSSR count). The number of sulfonamides is 1. The van der Waals surface area contributed by atoms with Crippen molar-refractivity contribution in [1.29, 1.82) is 0 Å². The zero-order valence-corrected chi connectivity index (χ0v) is 17.9. The Morgan fingerprint density at radius 3 is 2.31 bits per heavy atom. The highest BCUT2D eigenvalue weighted by Crippen LogP contribution is 2.18. The van der Waals surface area contributed by atoms with Crippen LogP contribution in [0, 0.1) is 13.8 Å². The molecule has 1 N–H and O–H groups in total. The number of nitrogens with zero attached hydrogens (tertiary/aromatic N) is 2. The van der Waals surface area contributed by atoms with Crippen LogP contribution in [0.3, 0.4) is 0 Å². The minimum Gasteiger partial charge on any atom is -0.355 e. The van der Waals surface area contributed by atoms with Crippen molar-refractivity contribution in [2.75, 3.05) is 39.3 Å². The van der Waals surface area contributed by atoms with Crippen LogP contribution < -0.4 is 5.32 Å². The molecule has 0 bridgehead atoms. The number of piperazine rings is 1. The number of rotatable bonds is 7. The molecule has 1 aliphatic rings. The van der Waals surface area contributed by atoms with E-state index in [-0.39, 0.29) is 5.91 Å². The van der Waals surface area contributed by atoms with Crippen molar-refractivity contribution in [3.8, 4) is 0 Å². The summed E-state index contributed by atoms with van der Waals surface area (Å²) in [6.07, 6.45) is 0.379. The summed E-state index contributed by atoms with van der Waals surface area (Å²) in [5.74, 6) is 0.0104. The lowest BCUT2D eigenvalue weighted by Crippen LogP contribution is -2.50. The second-order valence-electron chi connectivity index (χ2n) is 7.57. The van der Waals surface area contributed by atoms with Crippen molar-refractivity contribution in [2.45, 2.75) is 25.2 Å². The van der Waals surface area contributed by atoms with Gasteiger partial charge in [-0.1, -0.05) is 47.5 Å². The molecule has 0 unspecified atom stereocenters. The maximum Gasteiger partial charge on any atom is 0.243 e. The van der Waals surface area contributed by atoms with Crippen LogP contribution in [0.1, 0.15) is 16.7 Å². The highest BCUT2D eigenvalue weighted by atomic mass is 32.2. The first-order valence-electron chi connectivity index (χ1n) is 9.96. The molecule has 0 aliphatic carbocycles. The Labute approximate surface area is 173 Å². The lowest BCUT2D eigenvalue weighted by atomic mass is 10.1. The maximum absolute atomic E-state index is 12.8. The van der Waals surface area contributed by atoms with Gasteiger partial charge in [-0.05, 0) is 31.5 Å². The van der Waals surface area contributed by atoms with E-state index in [1.165, 1.54) is 0 Å². The van der Waals surface area contributed by atoms with Gasteiger partial charge in [-0.2, -0.15) is 4.31 Å². The summed E-state index contributed by atoms with van der Waals surface area (Å²) < 4.78 is 27.1. The molecule has 0 atom stereocenters. The number of benzene rings is 2. The van der Waals surface area contributed by atoms with Crippen molar-refractivity contribution in [2.24, 2.45) is 0 Å². The lowest BCUT2D eigenvalue weighted by Gasteiger charge is -2.34. The average Bonchev–Trinajstić information content (AvgIpc) is 2.69. The Balaban J connectivity index is 1.42. The summed E-state index contributed by atoms with van der Waals surface area (Å²) in [4.78, 5) is 14.6. The monoisotopic (exact) mass is 415 g/mol. The van der Waals surface area contributed by atoms with Crippen LogP contribution in [0.5, 0.6) is 0 Å². The van der Waals surface area contributed by atoms with Crippen LogP contribution in [0.4, 0.5) is 0 Å². The summed E-state index contributed by atoms with van der Waals surface area (Å²) in [6, 6.07) is 14.9. The van der Waals surface area contributed by atoms with Gasteiger partial charge in [0.1, 0.15) is 0 Å². The fourth-order valence-corrected chi connectivity index (χ4v) is 4.90. The highest BCUT2D eigenvalue weighted by Gasteiger charge is 2.28. The topological polar surface area (TPSA) is 69.7 Å². The molecule has 1 fully saturated rings. The first-order chi connectivity index (χ1) is 13.8. The van der Waals surface area contributed by atoms with E-state index in [0.717, 1.165) is 23.2 Å². The van der Waals surface area contributed by atoms with E-state index in [2.05, 4.69) is 10.2 Å². The molecule has 1 heterocycles. The molecule has 0 aromatic heterocycles. The minimum absolute atomic E-state index is 0.0104. The molecule has 0 radical (unpaired) electrons. The van der Waals surface area contributed by atoms with Crippen LogP contribution >= 0.6 is 0 Å². The molecular formula is C22H29N3O3S. The van der Waals surface area contributed by atoms with Crippen LogP contribution in [0.25, 0.3) is 0 Å². The number of carbonyl (C=O) groups is 1. The molecule has 156 valence electrons. The van der Waals surface area contributed by atoms with Gasteiger partial charge in [0.25, 0.3) is 0 Å². The first kappa shape index (κ1) is 21.5.